The van der Waals surface area contributed by atoms with Crippen LogP contribution in [0.25, 0.3) is 0 Å². The highest BCUT2D eigenvalue weighted by atomic mass is 16.4. The molecule has 1 atom stereocenters. The van der Waals surface area contributed by atoms with Crippen LogP contribution in [0.5, 0.6) is 0 Å². The zero-order valence-electron chi connectivity index (χ0n) is 6.24. The van der Waals surface area contributed by atoms with Gasteiger partial charge >= 0.3 is 5.97 Å². The first kappa shape index (κ1) is 12.1. The number of carboxylic acids is 1. The molecule has 0 aliphatic rings. The first-order valence-corrected chi connectivity index (χ1v) is 3.11. The first-order chi connectivity index (χ1) is 4.59. The molecular weight excluding hydrogens is 136 g/mol. The van der Waals surface area contributed by atoms with Crippen molar-refractivity contribution in [3.8, 4) is 0 Å². The minimum Gasteiger partial charge on any atom is -0.479 e. The predicted octanol–water partition coefficient (Wildman–Crippen LogP) is -0.160. The molecule has 3 N–H and O–H groups in total. The maximum atomic E-state index is 9.68. The fourth-order valence-electron chi connectivity index (χ4n) is 0.175. The van der Waals surface area contributed by atoms with Gasteiger partial charge in [-0.2, -0.15) is 0 Å². The summed E-state index contributed by atoms with van der Waals surface area (Å²) in [6.45, 7) is 3.54. The second-order valence-electron chi connectivity index (χ2n) is 1.58. The molecule has 0 aromatic rings. The molecule has 0 fully saturated rings. The van der Waals surface area contributed by atoms with Crippen molar-refractivity contribution in [2.45, 2.75) is 26.4 Å². The van der Waals surface area contributed by atoms with Gasteiger partial charge in [0.05, 0.1) is 0 Å². The van der Waals surface area contributed by atoms with E-state index in [2.05, 4.69) is 0 Å². The maximum Gasteiger partial charge on any atom is 0.332 e. The highest BCUT2D eigenvalue weighted by Crippen LogP contribution is 1.86. The number of aliphatic hydroxyl groups excluding tert-OH is 2. The number of aliphatic carboxylic acids is 1. The lowest BCUT2D eigenvalue weighted by Crippen LogP contribution is -2.17. The fraction of sp³-hybridized carbons (Fsp3) is 0.833. The van der Waals surface area contributed by atoms with Gasteiger partial charge in [-0.1, -0.05) is 6.92 Å². The van der Waals surface area contributed by atoms with Crippen LogP contribution >= 0.6 is 0 Å². The third-order valence-electron chi connectivity index (χ3n) is 0.672. The van der Waals surface area contributed by atoms with Crippen molar-refractivity contribution in [1.82, 2.24) is 0 Å². The Labute approximate surface area is 60.1 Å². The molecule has 62 valence electrons. The van der Waals surface area contributed by atoms with Crippen LogP contribution in [0.1, 0.15) is 20.3 Å². The number of aliphatic hydroxyl groups is 2. The van der Waals surface area contributed by atoms with Crippen LogP contribution in [0.15, 0.2) is 0 Å². The van der Waals surface area contributed by atoms with Gasteiger partial charge in [0.15, 0.2) is 6.10 Å². The van der Waals surface area contributed by atoms with Crippen LogP contribution in [-0.2, 0) is 4.79 Å². The van der Waals surface area contributed by atoms with Gasteiger partial charge in [-0.25, -0.2) is 4.79 Å². The highest BCUT2D eigenvalue weighted by molar-refractivity contribution is 5.71. The summed E-state index contributed by atoms with van der Waals surface area (Å²) in [7, 11) is 0. The lowest BCUT2D eigenvalue weighted by Gasteiger charge is -1.95. The Morgan fingerprint density at radius 1 is 1.50 bits per heavy atom. The summed E-state index contributed by atoms with van der Waals surface area (Å²) in [4.78, 5) is 9.68. The van der Waals surface area contributed by atoms with Crippen molar-refractivity contribution in [3.05, 3.63) is 0 Å². The van der Waals surface area contributed by atoms with Gasteiger partial charge < -0.3 is 15.3 Å². The SMILES string of the molecule is CCC(O)C(=O)O.CCO. The fourth-order valence-corrected chi connectivity index (χ4v) is 0.175. The van der Waals surface area contributed by atoms with E-state index in [0.29, 0.717) is 0 Å². The van der Waals surface area contributed by atoms with E-state index in [4.69, 9.17) is 15.3 Å². The second kappa shape index (κ2) is 8.39. The van der Waals surface area contributed by atoms with Crippen LogP contribution in [-0.4, -0.2) is 34.0 Å². The molecule has 0 saturated carbocycles. The van der Waals surface area contributed by atoms with Crippen molar-refractivity contribution >= 4 is 5.97 Å². The number of carbonyl (C=O) groups is 1. The summed E-state index contributed by atoms with van der Waals surface area (Å²) in [5.41, 5.74) is 0. The molecule has 0 amide bonds. The van der Waals surface area contributed by atoms with Crippen LogP contribution in [0.3, 0.4) is 0 Å². The van der Waals surface area contributed by atoms with Gasteiger partial charge in [0.1, 0.15) is 0 Å². The van der Waals surface area contributed by atoms with E-state index in [9.17, 15) is 4.79 Å². The smallest absolute Gasteiger partial charge is 0.332 e. The molecule has 0 aromatic carbocycles. The van der Waals surface area contributed by atoms with Gasteiger partial charge in [-0.15, -0.1) is 0 Å². The minimum atomic E-state index is -1.18. The number of hydrogen-bond acceptors (Lipinski definition) is 3. The maximum absolute atomic E-state index is 9.68. The molecule has 1 unspecified atom stereocenters. The molecule has 0 radical (unpaired) electrons. The molecule has 0 heterocycles. The van der Waals surface area contributed by atoms with Crippen molar-refractivity contribution in [1.29, 1.82) is 0 Å². The van der Waals surface area contributed by atoms with E-state index in [1.54, 1.807) is 13.8 Å². The zero-order valence-corrected chi connectivity index (χ0v) is 6.24. The Hall–Kier alpha value is -0.610. The van der Waals surface area contributed by atoms with Crippen LogP contribution in [0.4, 0.5) is 0 Å². The van der Waals surface area contributed by atoms with Gasteiger partial charge in [-0.05, 0) is 13.3 Å². The number of carboxylic acid groups (broad SMARTS) is 1. The molecular formula is C6H14O4. The molecule has 10 heavy (non-hydrogen) atoms. The number of rotatable bonds is 2. The summed E-state index contributed by atoms with van der Waals surface area (Å²) in [5, 5.41) is 23.8. The molecule has 0 aliphatic carbocycles. The molecule has 0 aliphatic heterocycles. The van der Waals surface area contributed by atoms with Crippen LogP contribution in [0, 0.1) is 0 Å². The standard InChI is InChI=1S/C4H8O3.C2H6O/c1-2-3(5)4(6)7;1-2-3/h3,5H,2H2,1H3,(H,6,7);3H,2H2,1H3. The molecule has 4 nitrogen and oxygen atoms in total. The van der Waals surface area contributed by atoms with E-state index in [1.807, 2.05) is 0 Å². The number of hydrogen-bond donors (Lipinski definition) is 3. The minimum absolute atomic E-state index is 0.250. The normalized spacial score (nSPS) is 11.2. The molecule has 0 spiro atoms. The third-order valence-corrected chi connectivity index (χ3v) is 0.672. The molecule has 0 saturated heterocycles. The van der Waals surface area contributed by atoms with E-state index in [-0.39, 0.29) is 13.0 Å². The molecule has 4 heteroatoms. The third kappa shape index (κ3) is 10.4. The largest absolute Gasteiger partial charge is 0.479 e. The van der Waals surface area contributed by atoms with E-state index in [1.165, 1.54) is 0 Å². The molecule has 0 bridgehead atoms. The quantitative estimate of drug-likeness (QED) is 0.511. The van der Waals surface area contributed by atoms with Gasteiger partial charge in [-0.3, -0.25) is 0 Å². The van der Waals surface area contributed by atoms with Crippen LogP contribution < -0.4 is 0 Å². The Morgan fingerprint density at radius 2 is 1.80 bits per heavy atom. The average molecular weight is 150 g/mol. The lowest BCUT2D eigenvalue weighted by molar-refractivity contribution is -0.146. The second-order valence-corrected chi connectivity index (χ2v) is 1.58. The van der Waals surface area contributed by atoms with E-state index < -0.39 is 12.1 Å². The summed E-state index contributed by atoms with van der Waals surface area (Å²) in [5.74, 6) is -1.15. The first-order valence-electron chi connectivity index (χ1n) is 3.11. The topological polar surface area (TPSA) is 77.8 Å². The van der Waals surface area contributed by atoms with Crippen molar-refractivity contribution in [3.63, 3.8) is 0 Å². The van der Waals surface area contributed by atoms with E-state index >= 15 is 0 Å². The lowest BCUT2D eigenvalue weighted by atomic mass is 10.3. The average Bonchev–Trinajstić information content (AvgIpc) is 1.88. The molecule has 0 aromatic heterocycles. The Morgan fingerprint density at radius 3 is 1.80 bits per heavy atom. The highest BCUT2D eigenvalue weighted by Gasteiger charge is 2.07. The Balaban J connectivity index is 0. The van der Waals surface area contributed by atoms with Crippen molar-refractivity contribution in [2.24, 2.45) is 0 Å². The monoisotopic (exact) mass is 150 g/mol. The van der Waals surface area contributed by atoms with Crippen molar-refractivity contribution in [2.75, 3.05) is 6.61 Å². The summed E-state index contributed by atoms with van der Waals surface area (Å²) in [6.07, 6.45) is -0.907. The summed E-state index contributed by atoms with van der Waals surface area (Å²) >= 11 is 0. The van der Waals surface area contributed by atoms with Gasteiger partial charge in [0, 0.05) is 6.61 Å². The summed E-state index contributed by atoms with van der Waals surface area (Å²) in [6, 6.07) is 0. The van der Waals surface area contributed by atoms with Gasteiger partial charge in [0.2, 0.25) is 0 Å². The molecule has 0 rings (SSSR count). The predicted molar refractivity (Wildman–Crippen MR) is 36.7 cm³/mol. The van der Waals surface area contributed by atoms with Crippen LogP contribution in [0.2, 0.25) is 0 Å². The van der Waals surface area contributed by atoms with Gasteiger partial charge in [0.25, 0.3) is 0 Å². The Kier molecular flexibility index (Phi) is 10.2. The zero-order chi connectivity index (χ0) is 8.57. The van der Waals surface area contributed by atoms with Crippen molar-refractivity contribution < 1.29 is 20.1 Å². The summed E-state index contributed by atoms with van der Waals surface area (Å²) < 4.78 is 0. The Bertz CT molecular complexity index is 81.8. The van der Waals surface area contributed by atoms with E-state index in [0.717, 1.165) is 0 Å².